The van der Waals surface area contributed by atoms with Crippen LogP contribution in [0.1, 0.15) is 17.7 Å². The predicted octanol–water partition coefficient (Wildman–Crippen LogP) is 4.79. The van der Waals surface area contributed by atoms with Crippen molar-refractivity contribution in [3.63, 3.8) is 0 Å². The molecule has 0 saturated heterocycles. The molecule has 0 aliphatic carbocycles. The molecule has 0 unspecified atom stereocenters. The number of aliphatic carboxylic acids is 1. The molecule has 0 bridgehead atoms. The Hall–Kier alpha value is -2.46. The number of hydrogen-bond donors (Lipinski definition) is 1. The van der Waals surface area contributed by atoms with Crippen LogP contribution in [0.3, 0.4) is 0 Å². The zero-order chi connectivity index (χ0) is 16.4. The van der Waals surface area contributed by atoms with Crippen LogP contribution >= 0.6 is 12.4 Å². The maximum Gasteiger partial charge on any atom is 0.303 e. The molecule has 1 heterocycles. The lowest BCUT2D eigenvalue weighted by atomic mass is 9.98. The van der Waals surface area contributed by atoms with Gasteiger partial charge in [-0.05, 0) is 48.7 Å². The second-order valence-electron chi connectivity index (χ2n) is 5.51. The lowest BCUT2D eigenvalue weighted by Gasteiger charge is -2.11. The summed E-state index contributed by atoms with van der Waals surface area (Å²) < 4.78 is 13.5. The standard InChI is InChI=1S/C19H16FNO2.ClH/c1-12-16(14-5-2-6-15(20)10-14)11-17-13(8-9-19(22)23)4-3-7-18(17)21-12;/h2-7,10-11H,8-9H2,1H3,(H,22,23);1H. The van der Waals surface area contributed by atoms with Crippen LogP contribution in [0.5, 0.6) is 0 Å². The van der Waals surface area contributed by atoms with Crippen LogP contribution in [0, 0.1) is 12.7 Å². The van der Waals surface area contributed by atoms with E-state index in [9.17, 15) is 9.18 Å². The quantitative estimate of drug-likeness (QED) is 0.739. The SMILES string of the molecule is Cc1nc2cccc(CCC(=O)O)c2cc1-c1cccc(F)c1.Cl. The fraction of sp³-hybridized carbons (Fsp3) is 0.158. The van der Waals surface area contributed by atoms with Crippen LogP contribution in [-0.4, -0.2) is 16.1 Å². The molecule has 0 aliphatic rings. The van der Waals surface area contributed by atoms with E-state index in [4.69, 9.17) is 5.11 Å². The highest BCUT2D eigenvalue weighted by Gasteiger charge is 2.10. The molecule has 3 aromatic rings. The van der Waals surface area contributed by atoms with E-state index < -0.39 is 5.97 Å². The molecule has 0 radical (unpaired) electrons. The van der Waals surface area contributed by atoms with Crippen LogP contribution in [0.15, 0.2) is 48.5 Å². The molecule has 0 amide bonds. The molecule has 0 aliphatic heterocycles. The largest absolute Gasteiger partial charge is 0.481 e. The van der Waals surface area contributed by atoms with E-state index in [1.807, 2.05) is 37.3 Å². The number of carboxylic acids is 1. The number of aryl methyl sites for hydroxylation is 2. The number of carboxylic acid groups (broad SMARTS) is 1. The van der Waals surface area contributed by atoms with Crippen molar-refractivity contribution in [3.05, 3.63) is 65.6 Å². The fourth-order valence-electron chi connectivity index (χ4n) is 2.76. The summed E-state index contributed by atoms with van der Waals surface area (Å²) >= 11 is 0. The second-order valence-corrected chi connectivity index (χ2v) is 5.51. The van der Waals surface area contributed by atoms with Crippen LogP contribution in [0.4, 0.5) is 4.39 Å². The number of hydrogen-bond acceptors (Lipinski definition) is 2. The van der Waals surface area contributed by atoms with Gasteiger partial charge in [-0.2, -0.15) is 0 Å². The van der Waals surface area contributed by atoms with Crippen LogP contribution in [0.25, 0.3) is 22.0 Å². The minimum atomic E-state index is -0.826. The summed E-state index contributed by atoms with van der Waals surface area (Å²) in [6.07, 6.45) is 0.516. The molecule has 5 heteroatoms. The normalized spacial score (nSPS) is 10.4. The summed E-state index contributed by atoms with van der Waals surface area (Å²) in [4.78, 5) is 15.4. The lowest BCUT2D eigenvalue weighted by Crippen LogP contribution is -1.99. The van der Waals surface area contributed by atoms with Crippen molar-refractivity contribution in [1.29, 1.82) is 0 Å². The molecule has 124 valence electrons. The second kappa shape index (κ2) is 7.41. The van der Waals surface area contributed by atoms with Crippen LogP contribution < -0.4 is 0 Å². The Bertz CT molecular complexity index is 896. The van der Waals surface area contributed by atoms with Crippen molar-refractivity contribution in [2.45, 2.75) is 19.8 Å². The van der Waals surface area contributed by atoms with Crippen molar-refractivity contribution in [3.8, 4) is 11.1 Å². The van der Waals surface area contributed by atoms with Crippen molar-refractivity contribution >= 4 is 29.3 Å². The highest BCUT2D eigenvalue weighted by Crippen LogP contribution is 2.28. The highest BCUT2D eigenvalue weighted by molar-refractivity contribution is 5.88. The molecule has 0 saturated carbocycles. The van der Waals surface area contributed by atoms with Gasteiger partial charge in [-0.1, -0.05) is 24.3 Å². The van der Waals surface area contributed by atoms with Crippen molar-refractivity contribution in [2.24, 2.45) is 0 Å². The predicted molar refractivity (Wildman–Crippen MR) is 95.1 cm³/mol. The third kappa shape index (κ3) is 3.71. The van der Waals surface area contributed by atoms with E-state index in [0.717, 1.165) is 33.3 Å². The molecule has 24 heavy (non-hydrogen) atoms. The minimum absolute atomic E-state index is 0. The van der Waals surface area contributed by atoms with E-state index in [2.05, 4.69) is 4.98 Å². The van der Waals surface area contributed by atoms with E-state index in [0.29, 0.717) is 6.42 Å². The number of carbonyl (C=O) groups is 1. The van der Waals surface area contributed by atoms with E-state index in [1.54, 1.807) is 6.07 Å². The molecule has 0 spiro atoms. The van der Waals surface area contributed by atoms with Gasteiger partial charge in [0.2, 0.25) is 0 Å². The zero-order valence-electron chi connectivity index (χ0n) is 13.1. The van der Waals surface area contributed by atoms with Crippen molar-refractivity contribution in [1.82, 2.24) is 4.98 Å². The Labute approximate surface area is 145 Å². The van der Waals surface area contributed by atoms with Gasteiger partial charge >= 0.3 is 5.97 Å². The number of pyridine rings is 1. The first-order valence-electron chi connectivity index (χ1n) is 7.41. The Kier molecular flexibility index (Phi) is 5.52. The molecule has 1 N–H and O–H groups in total. The summed E-state index contributed by atoms with van der Waals surface area (Å²) in [5.74, 6) is -1.12. The number of halogens is 2. The first-order valence-corrected chi connectivity index (χ1v) is 7.41. The summed E-state index contributed by atoms with van der Waals surface area (Å²) in [7, 11) is 0. The zero-order valence-corrected chi connectivity index (χ0v) is 13.9. The monoisotopic (exact) mass is 345 g/mol. The van der Waals surface area contributed by atoms with Gasteiger partial charge in [-0.15, -0.1) is 12.4 Å². The first kappa shape index (κ1) is 17.9. The van der Waals surface area contributed by atoms with E-state index >= 15 is 0 Å². The molecule has 1 aromatic heterocycles. The van der Waals surface area contributed by atoms with Gasteiger partial charge in [-0.25, -0.2) is 4.39 Å². The number of fused-ring (bicyclic) bond motifs is 1. The van der Waals surface area contributed by atoms with Gasteiger partial charge in [0.05, 0.1) is 5.52 Å². The minimum Gasteiger partial charge on any atom is -0.481 e. The Balaban J connectivity index is 0.00000208. The van der Waals surface area contributed by atoms with Gasteiger partial charge in [-0.3, -0.25) is 9.78 Å². The van der Waals surface area contributed by atoms with E-state index in [1.165, 1.54) is 12.1 Å². The van der Waals surface area contributed by atoms with Crippen molar-refractivity contribution < 1.29 is 14.3 Å². The van der Waals surface area contributed by atoms with Gasteiger partial charge in [0.25, 0.3) is 0 Å². The Morgan fingerprint density at radius 3 is 2.62 bits per heavy atom. The number of rotatable bonds is 4. The number of nitrogens with zero attached hydrogens (tertiary/aromatic N) is 1. The molecule has 2 aromatic carbocycles. The maximum absolute atomic E-state index is 13.5. The van der Waals surface area contributed by atoms with E-state index in [-0.39, 0.29) is 24.6 Å². The van der Waals surface area contributed by atoms with Crippen LogP contribution in [-0.2, 0) is 11.2 Å². The maximum atomic E-state index is 13.5. The molecular formula is C19H17ClFNO2. The lowest BCUT2D eigenvalue weighted by molar-refractivity contribution is -0.136. The number of benzene rings is 2. The molecule has 3 nitrogen and oxygen atoms in total. The van der Waals surface area contributed by atoms with Crippen LogP contribution in [0.2, 0.25) is 0 Å². The van der Waals surface area contributed by atoms with Gasteiger partial charge in [0, 0.05) is 23.1 Å². The molecule has 0 atom stereocenters. The van der Waals surface area contributed by atoms with Gasteiger partial charge in [0.15, 0.2) is 0 Å². The average molecular weight is 346 g/mol. The van der Waals surface area contributed by atoms with Crippen molar-refractivity contribution in [2.75, 3.05) is 0 Å². The third-order valence-corrected chi connectivity index (χ3v) is 3.88. The Morgan fingerprint density at radius 2 is 1.92 bits per heavy atom. The topological polar surface area (TPSA) is 50.2 Å². The average Bonchev–Trinajstić information content (AvgIpc) is 2.52. The number of aromatic nitrogens is 1. The smallest absolute Gasteiger partial charge is 0.303 e. The first-order chi connectivity index (χ1) is 11.0. The van der Waals surface area contributed by atoms with Gasteiger partial charge in [0.1, 0.15) is 5.82 Å². The molecule has 0 fully saturated rings. The summed E-state index contributed by atoms with van der Waals surface area (Å²) in [6.45, 7) is 1.89. The molecular weight excluding hydrogens is 329 g/mol. The highest BCUT2D eigenvalue weighted by atomic mass is 35.5. The summed E-state index contributed by atoms with van der Waals surface area (Å²) in [5.41, 5.74) is 4.21. The summed E-state index contributed by atoms with van der Waals surface area (Å²) in [6, 6.07) is 14.1. The summed E-state index contributed by atoms with van der Waals surface area (Å²) in [5, 5.41) is 9.81. The Morgan fingerprint density at radius 1 is 1.17 bits per heavy atom. The molecule has 3 rings (SSSR count). The van der Waals surface area contributed by atoms with Gasteiger partial charge < -0.3 is 5.11 Å². The third-order valence-electron chi connectivity index (χ3n) is 3.88. The fourth-order valence-corrected chi connectivity index (χ4v) is 2.76.